The summed E-state index contributed by atoms with van der Waals surface area (Å²) in [7, 11) is 4.01. The Kier molecular flexibility index (Phi) is 3.94. The minimum absolute atomic E-state index is 0.311. The molecule has 1 aromatic carbocycles. The number of hydrogen-bond donors (Lipinski definition) is 1. The Hall–Kier alpha value is -2.61. The fourth-order valence-corrected chi connectivity index (χ4v) is 1.68. The van der Waals surface area contributed by atoms with E-state index in [9.17, 15) is 0 Å². The Morgan fingerprint density at radius 1 is 1.26 bits per heavy atom. The molecule has 1 heterocycles. The fourth-order valence-electron chi connectivity index (χ4n) is 1.68. The van der Waals surface area contributed by atoms with Crippen molar-refractivity contribution in [2.75, 3.05) is 24.3 Å². The first kappa shape index (κ1) is 12.8. The van der Waals surface area contributed by atoms with E-state index in [1.807, 2.05) is 43.3 Å². The zero-order valence-corrected chi connectivity index (χ0v) is 11.0. The van der Waals surface area contributed by atoms with E-state index < -0.39 is 0 Å². The molecule has 0 unspecified atom stereocenters. The van der Waals surface area contributed by atoms with Gasteiger partial charge in [-0.1, -0.05) is 12.1 Å². The lowest BCUT2D eigenvalue weighted by Gasteiger charge is -2.14. The van der Waals surface area contributed by atoms with E-state index in [0.717, 1.165) is 11.3 Å². The lowest BCUT2D eigenvalue weighted by molar-refractivity contribution is 1.06. The maximum atomic E-state index is 8.93. The molecule has 96 valence electrons. The van der Waals surface area contributed by atoms with Crippen LogP contribution in [0.15, 0.2) is 36.7 Å². The second-order valence-corrected chi connectivity index (χ2v) is 4.28. The van der Waals surface area contributed by atoms with E-state index in [-0.39, 0.29) is 0 Å². The molecule has 0 radical (unpaired) electrons. The van der Waals surface area contributed by atoms with Gasteiger partial charge < -0.3 is 10.2 Å². The highest BCUT2D eigenvalue weighted by Crippen LogP contribution is 2.15. The summed E-state index contributed by atoms with van der Waals surface area (Å²) >= 11 is 0. The van der Waals surface area contributed by atoms with Gasteiger partial charge in [-0.25, -0.2) is 9.97 Å². The summed E-state index contributed by atoms with van der Waals surface area (Å²) in [5, 5.41) is 12.1. The minimum Gasteiger partial charge on any atom is -0.378 e. The molecule has 0 spiro atoms. The zero-order valence-electron chi connectivity index (χ0n) is 11.0. The number of rotatable bonds is 4. The summed E-state index contributed by atoms with van der Waals surface area (Å²) in [6.45, 7) is 0.606. The summed E-state index contributed by atoms with van der Waals surface area (Å²) in [5.41, 5.74) is 2.57. The van der Waals surface area contributed by atoms with E-state index >= 15 is 0 Å². The largest absolute Gasteiger partial charge is 0.378 e. The topological polar surface area (TPSA) is 64.8 Å². The molecule has 5 heteroatoms. The minimum atomic E-state index is 0.311. The van der Waals surface area contributed by atoms with Crippen LogP contribution in [0.5, 0.6) is 0 Å². The summed E-state index contributed by atoms with van der Waals surface area (Å²) in [4.78, 5) is 10.1. The second-order valence-electron chi connectivity index (χ2n) is 4.28. The normalized spacial score (nSPS) is 9.74. The van der Waals surface area contributed by atoms with Crippen LogP contribution in [0, 0.1) is 11.3 Å². The summed E-state index contributed by atoms with van der Waals surface area (Å²) in [5.74, 6) is 0.514. The molecule has 0 aliphatic carbocycles. The van der Waals surface area contributed by atoms with Gasteiger partial charge in [-0.15, -0.1) is 0 Å². The summed E-state index contributed by atoms with van der Waals surface area (Å²) in [6, 6.07) is 10.2. The van der Waals surface area contributed by atoms with Crippen molar-refractivity contribution in [1.29, 1.82) is 5.26 Å². The van der Waals surface area contributed by atoms with Gasteiger partial charge in [-0.2, -0.15) is 5.26 Å². The molecule has 5 nitrogen and oxygen atoms in total. The first-order valence-corrected chi connectivity index (χ1v) is 5.92. The SMILES string of the molecule is CN(C)c1cccc(CNc2nccnc2C#N)c1. The Labute approximate surface area is 112 Å². The molecular weight excluding hydrogens is 238 g/mol. The molecule has 0 aliphatic heterocycles. The first-order valence-electron chi connectivity index (χ1n) is 5.92. The molecule has 0 saturated carbocycles. The van der Waals surface area contributed by atoms with Gasteiger partial charge in [0.1, 0.15) is 6.07 Å². The molecule has 2 rings (SSSR count). The van der Waals surface area contributed by atoms with Gasteiger partial charge in [-0.3, -0.25) is 0 Å². The van der Waals surface area contributed by atoms with Crippen molar-refractivity contribution in [1.82, 2.24) is 9.97 Å². The van der Waals surface area contributed by atoms with Crippen LogP contribution >= 0.6 is 0 Å². The number of benzene rings is 1. The second kappa shape index (κ2) is 5.83. The first-order chi connectivity index (χ1) is 9.20. The number of nitrogens with one attached hydrogen (secondary N) is 1. The Morgan fingerprint density at radius 3 is 2.79 bits per heavy atom. The van der Waals surface area contributed by atoms with E-state index in [0.29, 0.717) is 18.1 Å². The van der Waals surface area contributed by atoms with Crippen LogP contribution < -0.4 is 10.2 Å². The Balaban J connectivity index is 2.11. The summed E-state index contributed by atoms with van der Waals surface area (Å²) < 4.78 is 0. The Bertz CT molecular complexity index is 601. The number of anilines is 2. The smallest absolute Gasteiger partial charge is 0.182 e. The predicted molar refractivity (Wildman–Crippen MR) is 74.8 cm³/mol. The fraction of sp³-hybridized carbons (Fsp3) is 0.214. The Morgan fingerprint density at radius 2 is 2.05 bits per heavy atom. The number of aromatic nitrogens is 2. The summed E-state index contributed by atoms with van der Waals surface area (Å²) in [6.07, 6.45) is 3.08. The third-order valence-corrected chi connectivity index (χ3v) is 2.69. The van der Waals surface area contributed by atoms with Crippen LogP contribution in [-0.4, -0.2) is 24.1 Å². The molecular formula is C14H15N5. The van der Waals surface area contributed by atoms with E-state index in [1.54, 1.807) is 6.20 Å². The maximum absolute atomic E-state index is 8.93. The highest BCUT2D eigenvalue weighted by Gasteiger charge is 2.04. The van der Waals surface area contributed by atoms with Crippen LogP contribution in [0.25, 0.3) is 0 Å². The predicted octanol–water partition coefficient (Wildman–Crippen LogP) is 2.03. The van der Waals surface area contributed by atoms with Crippen molar-refractivity contribution in [3.63, 3.8) is 0 Å². The average Bonchev–Trinajstić information content (AvgIpc) is 2.45. The van der Waals surface area contributed by atoms with Crippen LogP contribution in [-0.2, 0) is 6.54 Å². The van der Waals surface area contributed by atoms with Gasteiger partial charge in [0.05, 0.1) is 0 Å². The van der Waals surface area contributed by atoms with Crippen molar-refractivity contribution in [3.8, 4) is 6.07 Å². The molecule has 0 amide bonds. The number of nitrogens with zero attached hydrogens (tertiary/aromatic N) is 4. The van der Waals surface area contributed by atoms with E-state index in [4.69, 9.17) is 5.26 Å². The molecule has 0 saturated heterocycles. The van der Waals surface area contributed by atoms with Crippen molar-refractivity contribution >= 4 is 11.5 Å². The van der Waals surface area contributed by atoms with Crippen LogP contribution in [0.1, 0.15) is 11.3 Å². The van der Waals surface area contributed by atoms with Crippen molar-refractivity contribution in [2.24, 2.45) is 0 Å². The lowest BCUT2D eigenvalue weighted by atomic mass is 10.2. The van der Waals surface area contributed by atoms with Gasteiger partial charge in [-0.05, 0) is 17.7 Å². The molecule has 1 N–H and O–H groups in total. The van der Waals surface area contributed by atoms with E-state index in [2.05, 4.69) is 21.4 Å². The molecule has 2 aromatic rings. The monoisotopic (exact) mass is 253 g/mol. The van der Waals surface area contributed by atoms with Crippen LogP contribution in [0.2, 0.25) is 0 Å². The average molecular weight is 253 g/mol. The van der Waals surface area contributed by atoms with Gasteiger partial charge in [0, 0.05) is 38.7 Å². The molecule has 0 atom stereocenters. The molecule has 1 aromatic heterocycles. The molecule has 0 fully saturated rings. The number of hydrogen-bond acceptors (Lipinski definition) is 5. The third kappa shape index (κ3) is 3.19. The highest BCUT2D eigenvalue weighted by atomic mass is 15.1. The van der Waals surface area contributed by atoms with Gasteiger partial charge >= 0.3 is 0 Å². The van der Waals surface area contributed by atoms with Gasteiger partial charge in [0.25, 0.3) is 0 Å². The van der Waals surface area contributed by atoms with Crippen molar-refractivity contribution in [2.45, 2.75) is 6.54 Å². The van der Waals surface area contributed by atoms with Crippen LogP contribution in [0.4, 0.5) is 11.5 Å². The van der Waals surface area contributed by atoms with Crippen molar-refractivity contribution < 1.29 is 0 Å². The van der Waals surface area contributed by atoms with E-state index in [1.165, 1.54) is 6.20 Å². The zero-order chi connectivity index (χ0) is 13.7. The molecule has 0 bridgehead atoms. The van der Waals surface area contributed by atoms with Gasteiger partial charge in [0.15, 0.2) is 11.5 Å². The van der Waals surface area contributed by atoms with Gasteiger partial charge in [0.2, 0.25) is 0 Å². The third-order valence-electron chi connectivity index (χ3n) is 2.69. The van der Waals surface area contributed by atoms with Crippen LogP contribution in [0.3, 0.4) is 0 Å². The van der Waals surface area contributed by atoms with Crippen molar-refractivity contribution in [3.05, 3.63) is 47.9 Å². The molecule has 19 heavy (non-hydrogen) atoms. The quantitative estimate of drug-likeness (QED) is 0.903. The number of nitriles is 1. The lowest BCUT2D eigenvalue weighted by Crippen LogP contribution is -2.09. The molecule has 0 aliphatic rings. The maximum Gasteiger partial charge on any atom is 0.182 e. The standard InChI is InChI=1S/C14H15N5/c1-19(2)12-5-3-4-11(8-12)10-18-14-13(9-15)16-6-7-17-14/h3-8H,10H2,1-2H3,(H,17,18). The highest BCUT2D eigenvalue weighted by molar-refractivity contribution is 5.50.